The molecule has 0 aliphatic rings. The van der Waals surface area contributed by atoms with Crippen LogP contribution < -0.4 is 13.8 Å². The Morgan fingerprint density at radius 3 is 2.36 bits per heavy atom. The third kappa shape index (κ3) is 5.11. The Bertz CT molecular complexity index is 1290. The fourth-order valence-electron chi connectivity index (χ4n) is 3.29. The van der Waals surface area contributed by atoms with Crippen LogP contribution in [-0.2, 0) is 11.3 Å². The second-order valence-electron chi connectivity index (χ2n) is 6.86. The van der Waals surface area contributed by atoms with Crippen LogP contribution in [0.15, 0.2) is 85.1 Å². The Morgan fingerprint density at radius 2 is 1.61 bits per heavy atom. The molecule has 0 bridgehead atoms. The maximum absolute atomic E-state index is 12.3. The van der Waals surface area contributed by atoms with E-state index in [1.807, 2.05) is 12.1 Å². The lowest BCUT2D eigenvalue weighted by Gasteiger charge is -2.28. The van der Waals surface area contributed by atoms with Crippen LogP contribution in [-0.4, -0.2) is 38.0 Å². The molecule has 0 radical (unpaired) electrons. The van der Waals surface area contributed by atoms with E-state index in [1.54, 1.807) is 60.8 Å². The minimum absolute atomic E-state index is 0.144. The van der Waals surface area contributed by atoms with Crippen molar-refractivity contribution in [3.05, 3.63) is 90.6 Å². The topological polar surface area (TPSA) is 112 Å². The molecular formula is C24H19N2O6S-. The summed E-state index contributed by atoms with van der Waals surface area (Å²) in [5.41, 5.74) is 1.47. The zero-order chi connectivity index (χ0) is 23.2. The number of ether oxygens (including phenoxy) is 2. The molecule has 1 N–H and O–H groups in total. The third-order valence-corrected chi connectivity index (χ3v) is 5.47. The molecule has 0 fully saturated rings. The predicted molar refractivity (Wildman–Crippen MR) is 124 cm³/mol. The number of anilines is 2. The van der Waals surface area contributed by atoms with E-state index >= 15 is 0 Å². The second-order valence-corrected chi connectivity index (χ2v) is 7.66. The van der Waals surface area contributed by atoms with Crippen molar-refractivity contribution in [2.24, 2.45) is 0 Å². The minimum Gasteiger partial charge on any atom is -0.755 e. The average molecular weight is 463 g/mol. The number of fused-ring (bicyclic) bond motifs is 1. The Kier molecular flexibility index (Phi) is 6.82. The molecule has 8 nitrogen and oxygen atoms in total. The zero-order valence-electron chi connectivity index (χ0n) is 17.3. The van der Waals surface area contributed by atoms with Gasteiger partial charge in [-0.3, -0.25) is 13.5 Å². The van der Waals surface area contributed by atoms with Crippen molar-refractivity contribution < 1.29 is 28.1 Å². The highest BCUT2D eigenvalue weighted by atomic mass is 32.2. The molecule has 3 aromatic carbocycles. The van der Waals surface area contributed by atoms with Gasteiger partial charge in [-0.1, -0.05) is 30.3 Å². The Morgan fingerprint density at radius 1 is 0.909 bits per heavy atom. The number of carboxylic acid groups (broad SMARTS) is 1. The van der Waals surface area contributed by atoms with Crippen LogP contribution in [0.25, 0.3) is 10.9 Å². The van der Waals surface area contributed by atoms with Crippen LogP contribution >= 0.6 is 0 Å². The van der Waals surface area contributed by atoms with Gasteiger partial charge >= 0.3 is 5.97 Å². The molecule has 168 valence electrons. The number of para-hydroxylation sites is 3. The van der Waals surface area contributed by atoms with Crippen molar-refractivity contribution in [3.8, 4) is 11.5 Å². The maximum Gasteiger partial charge on any atom is 0.335 e. The van der Waals surface area contributed by atoms with Crippen LogP contribution in [0.4, 0.5) is 11.4 Å². The highest BCUT2D eigenvalue weighted by Crippen LogP contribution is 2.37. The lowest BCUT2D eigenvalue weighted by molar-refractivity contribution is 0.0697. The number of pyridine rings is 1. The quantitative estimate of drug-likeness (QED) is 0.290. The largest absolute Gasteiger partial charge is 0.755 e. The van der Waals surface area contributed by atoms with Gasteiger partial charge in [-0.15, -0.1) is 0 Å². The van der Waals surface area contributed by atoms with E-state index < -0.39 is 17.2 Å². The number of nitrogens with zero attached hydrogens (tertiary/aromatic N) is 2. The summed E-state index contributed by atoms with van der Waals surface area (Å²) >= 11 is -2.63. The van der Waals surface area contributed by atoms with Gasteiger partial charge in [0.2, 0.25) is 0 Å². The first-order valence-corrected chi connectivity index (χ1v) is 11.0. The van der Waals surface area contributed by atoms with Crippen molar-refractivity contribution in [1.82, 2.24) is 4.98 Å². The van der Waals surface area contributed by atoms with Crippen molar-refractivity contribution in [1.29, 1.82) is 0 Å². The average Bonchev–Trinajstić information content (AvgIpc) is 2.83. The summed E-state index contributed by atoms with van der Waals surface area (Å²) in [6.45, 7) is 0.321. The first-order chi connectivity index (χ1) is 16.0. The molecule has 9 heteroatoms. The van der Waals surface area contributed by atoms with Crippen molar-refractivity contribution in [2.75, 3.05) is 17.5 Å². The molecule has 33 heavy (non-hydrogen) atoms. The number of carbonyl (C=O) groups is 1. The first kappa shape index (κ1) is 22.3. The Hall–Kier alpha value is -3.95. The zero-order valence-corrected chi connectivity index (χ0v) is 18.1. The van der Waals surface area contributed by atoms with Crippen LogP contribution in [0.3, 0.4) is 0 Å². The second kappa shape index (κ2) is 10.1. The summed E-state index contributed by atoms with van der Waals surface area (Å²) in [5, 5.41) is 9.77. The van der Waals surface area contributed by atoms with E-state index in [0.29, 0.717) is 28.4 Å². The summed E-state index contributed by atoms with van der Waals surface area (Å²) in [5.74, 6) is -0.149. The van der Waals surface area contributed by atoms with E-state index in [-0.39, 0.29) is 18.8 Å². The van der Waals surface area contributed by atoms with E-state index in [1.165, 1.54) is 12.1 Å². The monoisotopic (exact) mass is 463 g/mol. The maximum atomic E-state index is 12.3. The summed E-state index contributed by atoms with van der Waals surface area (Å²) in [6, 6.07) is 21.8. The molecule has 0 aliphatic carbocycles. The molecule has 0 spiro atoms. The Balaban J connectivity index is 1.52. The molecular weight excluding hydrogens is 444 g/mol. The predicted octanol–water partition coefficient (Wildman–Crippen LogP) is 4.32. The number of hydrogen-bond donors (Lipinski definition) is 1. The van der Waals surface area contributed by atoms with Crippen LogP contribution in [0.2, 0.25) is 0 Å². The van der Waals surface area contributed by atoms with Gasteiger partial charge in [0.05, 0.1) is 33.7 Å². The molecule has 0 saturated heterocycles. The van der Waals surface area contributed by atoms with Gasteiger partial charge in [0.15, 0.2) is 0 Å². The summed E-state index contributed by atoms with van der Waals surface area (Å²) in [6.07, 6.45) is 1.61. The molecule has 0 aliphatic heterocycles. The Labute approximate surface area is 192 Å². The minimum atomic E-state index is -2.63. The molecule has 0 saturated carbocycles. The van der Waals surface area contributed by atoms with E-state index in [2.05, 4.69) is 4.98 Å². The number of benzene rings is 3. The van der Waals surface area contributed by atoms with Gasteiger partial charge in [-0.2, -0.15) is 0 Å². The van der Waals surface area contributed by atoms with Crippen LogP contribution in [0.1, 0.15) is 10.4 Å². The van der Waals surface area contributed by atoms with Gasteiger partial charge in [0, 0.05) is 11.6 Å². The molecule has 0 amide bonds. The highest BCUT2D eigenvalue weighted by Gasteiger charge is 2.18. The normalized spacial score (nSPS) is 11.7. The molecule has 1 heterocycles. The lowest BCUT2D eigenvalue weighted by atomic mass is 10.2. The van der Waals surface area contributed by atoms with Crippen molar-refractivity contribution in [2.45, 2.75) is 0 Å². The van der Waals surface area contributed by atoms with Crippen molar-refractivity contribution >= 4 is 39.5 Å². The lowest BCUT2D eigenvalue weighted by Crippen LogP contribution is -2.21. The standard InChI is InChI=1S/C24H20N2O6S/c27-24(28)18-10-12-19(13-11-18)31-15-16-32-22-9-2-1-7-20(22)26(33(29)30)21-8-3-5-17-6-4-14-25-23(17)21/h1-14H,15-16H2,(H,27,28)(H,29,30)/p-1. The fraction of sp³-hybridized carbons (Fsp3) is 0.0833. The fourth-order valence-corrected chi connectivity index (χ4v) is 3.91. The molecule has 1 unspecified atom stereocenters. The SMILES string of the molecule is O=C(O)c1ccc(OCCOc2ccccc2N(c2cccc3cccnc23)S(=O)[O-])cc1. The number of aromatic carboxylic acids is 1. The van der Waals surface area contributed by atoms with Gasteiger partial charge in [-0.05, 0) is 48.5 Å². The summed E-state index contributed by atoms with van der Waals surface area (Å²) < 4.78 is 37.1. The summed E-state index contributed by atoms with van der Waals surface area (Å²) in [7, 11) is 0. The molecule has 1 atom stereocenters. The number of aromatic nitrogens is 1. The number of hydrogen-bond acceptors (Lipinski definition) is 6. The van der Waals surface area contributed by atoms with E-state index in [4.69, 9.17) is 14.6 Å². The van der Waals surface area contributed by atoms with Gasteiger partial charge < -0.3 is 19.1 Å². The first-order valence-electron chi connectivity index (χ1n) is 9.96. The highest BCUT2D eigenvalue weighted by molar-refractivity contribution is 7.81. The summed E-state index contributed by atoms with van der Waals surface area (Å²) in [4.78, 5) is 15.3. The van der Waals surface area contributed by atoms with E-state index in [0.717, 1.165) is 9.69 Å². The molecule has 4 aromatic rings. The number of rotatable bonds is 9. The molecule has 1 aromatic heterocycles. The van der Waals surface area contributed by atoms with Crippen LogP contribution in [0.5, 0.6) is 11.5 Å². The smallest absolute Gasteiger partial charge is 0.335 e. The third-order valence-electron chi connectivity index (χ3n) is 4.77. The van der Waals surface area contributed by atoms with Gasteiger partial charge in [0.1, 0.15) is 24.7 Å². The van der Waals surface area contributed by atoms with Gasteiger partial charge in [-0.25, -0.2) is 4.79 Å². The van der Waals surface area contributed by atoms with Gasteiger partial charge in [0.25, 0.3) is 0 Å². The number of carboxylic acids is 1. The van der Waals surface area contributed by atoms with Crippen LogP contribution in [0, 0.1) is 0 Å². The van der Waals surface area contributed by atoms with E-state index in [9.17, 15) is 13.6 Å². The molecule has 4 rings (SSSR count). The van der Waals surface area contributed by atoms with Crippen molar-refractivity contribution in [3.63, 3.8) is 0 Å².